The minimum absolute atomic E-state index is 0.0386. The molecule has 0 unspecified atom stereocenters. The second-order valence-electron chi connectivity index (χ2n) is 6.48. The summed E-state index contributed by atoms with van der Waals surface area (Å²) < 4.78 is 52.7. The summed E-state index contributed by atoms with van der Waals surface area (Å²) in [6, 6.07) is 8.31. The van der Waals surface area contributed by atoms with Gasteiger partial charge in [0.25, 0.3) is 5.91 Å². The third-order valence-electron chi connectivity index (χ3n) is 4.50. The van der Waals surface area contributed by atoms with Gasteiger partial charge in [0.15, 0.2) is 0 Å². The van der Waals surface area contributed by atoms with Crippen LogP contribution in [0.3, 0.4) is 0 Å². The van der Waals surface area contributed by atoms with Crippen molar-refractivity contribution in [1.29, 1.82) is 0 Å². The van der Waals surface area contributed by atoms with Gasteiger partial charge in [0.05, 0.1) is 16.9 Å². The molecule has 27 heavy (non-hydrogen) atoms. The number of alkyl halides is 3. The highest BCUT2D eigenvalue weighted by Gasteiger charge is 2.32. The Balaban J connectivity index is 1.93. The van der Waals surface area contributed by atoms with Crippen LogP contribution < -0.4 is 10.2 Å². The first-order valence-electron chi connectivity index (χ1n) is 8.46. The third-order valence-corrected chi connectivity index (χ3v) is 4.50. The monoisotopic (exact) mass is 381 g/mol. The molecule has 1 heterocycles. The minimum atomic E-state index is -4.53. The molecule has 1 fully saturated rings. The Morgan fingerprint density at radius 2 is 1.74 bits per heavy atom. The normalized spacial score (nSPS) is 15.7. The largest absolute Gasteiger partial charge is 0.416 e. The van der Waals surface area contributed by atoms with Crippen molar-refractivity contribution in [2.24, 2.45) is 0 Å². The SMILES string of the molecule is CN1CCN(c2ccc(C(F)(F)F)cc2NC(=O)c2cccc(F)c2)CC1. The lowest BCUT2D eigenvalue weighted by molar-refractivity contribution is -0.137. The average molecular weight is 381 g/mol. The van der Waals surface area contributed by atoms with E-state index in [4.69, 9.17) is 0 Å². The first-order valence-corrected chi connectivity index (χ1v) is 8.46. The second-order valence-corrected chi connectivity index (χ2v) is 6.48. The number of nitrogens with one attached hydrogen (secondary N) is 1. The van der Waals surface area contributed by atoms with Crippen LogP contribution in [-0.2, 0) is 6.18 Å². The molecule has 0 spiro atoms. The Bertz CT molecular complexity index is 830. The zero-order valence-corrected chi connectivity index (χ0v) is 14.7. The topological polar surface area (TPSA) is 35.6 Å². The Kier molecular flexibility index (Phi) is 5.36. The van der Waals surface area contributed by atoms with E-state index in [1.54, 1.807) is 0 Å². The number of hydrogen-bond donors (Lipinski definition) is 1. The molecule has 1 aliphatic heterocycles. The lowest BCUT2D eigenvalue weighted by Gasteiger charge is -2.35. The van der Waals surface area contributed by atoms with E-state index in [1.807, 2.05) is 11.9 Å². The predicted molar refractivity (Wildman–Crippen MR) is 95.5 cm³/mol. The van der Waals surface area contributed by atoms with Crippen molar-refractivity contribution < 1.29 is 22.4 Å². The summed E-state index contributed by atoms with van der Waals surface area (Å²) in [5.41, 5.74) is -0.240. The summed E-state index contributed by atoms with van der Waals surface area (Å²) in [6.07, 6.45) is -4.53. The van der Waals surface area contributed by atoms with Gasteiger partial charge in [-0.15, -0.1) is 0 Å². The van der Waals surface area contributed by atoms with E-state index in [2.05, 4.69) is 10.2 Å². The number of rotatable bonds is 3. The van der Waals surface area contributed by atoms with E-state index >= 15 is 0 Å². The lowest BCUT2D eigenvalue weighted by atomic mass is 10.1. The molecule has 3 rings (SSSR count). The molecule has 0 radical (unpaired) electrons. The molecule has 4 nitrogen and oxygen atoms in total. The highest BCUT2D eigenvalue weighted by Crippen LogP contribution is 2.36. The van der Waals surface area contributed by atoms with E-state index in [0.717, 1.165) is 31.3 Å². The van der Waals surface area contributed by atoms with Crippen LogP contribution in [0.2, 0.25) is 0 Å². The highest BCUT2D eigenvalue weighted by molar-refractivity contribution is 6.06. The Morgan fingerprint density at radius 1 is 1.04 bits per heavy atom. The first kappa shape index (κ1) is 19.2. The van der Waals surface area contributed by atoms with E-state index in [0.29, 0.717) is 18.8 Å². The van der Waals surface area contributed by atoms with E-state index in [9.17, 15) is 22.4 Å². The maximum atomic E-state index is 13.4. The van der Waals surface area contributed by atoms with Crippen LogP contribution in [0.1, 0.15) is 15.9 Å². The van der Waals surface area contributed by atoms with Crippen LogP contribution in [0.25, 0.3) is 0 Å². The van der Waals surface area contributed by atoms with Crippen LogP contribution in [0, 0.1) is 5.82 Å². The molecule has 1 saturated heterocycles. The van der Waals surface area contributed by atoms with Gasteiger partial charge in [-0.2, -0.15) is 13.2 Å². The summed E-state index contributed by atoms with van der Waals surface area (Å²) in [4.78, 5) is 16.5. The number of piperazine rings is 1. The van der Waals surface area contributed by atoms with Crippen molar-refractivity contribution in [2.45, 2.75) is 6.18 Å². The van der Waals surface area contributed by atoms with Crippen LogP contribution in [0.15, 0.2) is 42.5 Å². The zero-order chi connectivity index (χ0) is 19.6. The number of halogens is 4. The Labute approximate surface area is 154 Å². The molecule has 1 N–H and O–H groups in total. The van der Waals surface area contributed by atoms with Gasteiger partial charge in [0.1, 0.15) is 5.82 Å². The third kappa shape index (κ3) is 4.57. The fourth-order valence-electron chi connectivity index (χ4n) is 2.96. The van der Waals surface area contributed by atoms with Gasteiger partial charge in [0.2, 0.25) is 0 Å². The van der Waals surface area contributed by atoms with E-state index in [-0.39, 0.29) is 11.3 Å². The number of benzene rings is 2. The van der Waals surface area contributed by atoms with Crippen molar-refractivity contribution in [3.05, 3.63) is 59.4 Å². The smallest absolute Gasteiger partial charge is 0.367 e. The van der Waals surface area contributed by atoms with Crippen LogP contribution in [0.4, 0.5) is 28.9 Å². The quantitative estimate of drug-likeness (QED) is 0.821. The summed E-state index contributed by atoms with van der Waals surface area (Å²) in [6.45, 7) is 2.78. The van der Waals surface area contributed by atoms with E-state index < -0.39 is 23.5 Å². The number of nitrogens with zero attached hydrogens (tertiary/aromatic N) is 2. The number of carbonyl (C=O) groups excluding carboxylic acids is 1. The van der Waals surface area contributed by atoms with Gasteiger partial charge in [-0.25, -0.2) is 4.39 Å². The molecular formula is C19H19F4N3O. The van der Waals surface area contributed by atoms with Crippen molar-refractivity contribution in [1.82, 2.24) is 4.90 Å². The molecule has 144 valence electrons. The number of amides is 1. The van der Waals surface area contributed by atoms with Crippen LogP contribution in [0.5, 0.6) is 0 Å². The number of hydrogen-bond acceptors (Lipinski definition) is 3. The summed E-state index contributed by atoms with van der Waals surface area (Å²) in [7, 11) is 1.97. The molecule has 2 aromatic carbocycles. The predicted octanol–water partition coefficient (Wildman–Crippen LogP) is 3.85. The number of carbonyl (C=O) groups is 1. The van der Waals surface area contributed by atoms with Crippen LogP contribution in [-0.4, -0.2) is 44.0 Å². The van der Waals surface area contributed by atoms with Crippen LogP contribution >= 0.6 is 0 Å². The fourth-order valence-corrected chi connectivity index (χ4v) is 2.96. The Morgan fingerprint density at radius 3 is 2.37 bits per heavy atom. The molecule has 2 aromatic rings. The molecule has 0 bridgehead atoms. The molecular weight excluding hydrogens is 362 g/mol. The van der Waals surface area contributed by atoms with Crippen molar-refractivity contribution in [3.8, 4) is 0 Å². The molecule has 0 aromatic heterocycles. The van der Waals surface area contributed by atoms with E-state index in [1.165, 1.54) is 24.3 Å². The van der Waals surface area contributed by atoms with Gasteiger partial charge in [-0.1, -0.05) is 6.07 Å². The summed E-state index contributed by atoms with van der Waals surface area (Å²) in [5, 5.41) is 2.51. The van der Waals surface area contributed by atoms with Gasteiger partial charge < -0.3 is 15.1 Å². The number of anilines is 2. The molecule has 1 aliphatic rings. The molecule has 0 atom stereocenters. The first-order chi connectivity index (χ1) is 12.7. The molecule has 0 aliphatic carbocycles. The maximum Gasteiger partial charge on any atom is 0.416 e. The average Bonchev–Trinajstić information content (AvgIpc) is 2.62. The zero-order valence-electron chi connectivity index (χ0n) is 14.7. The lowest BCUT2D eigenvalue weighted by Crippen LogP contribution is -2.44. The summed E-state index contributed by atoms with van der Waals surface area (Å²) >= 11 is 0. The molecule has 1 amide bonds. The van der Waals surface area contributed by atoms with Gasteiger partial charge in [-0.05, 0) is 43.4 Å². The Hall–Kier alpha value is -2.61. The van der Waals surface area contributed by atoms with Crippen molar-refractivity contribution in [3.63, 3.8) is 0 Å². The van der Waals surface area contributed by atoms with Crippen molar-refractivity contribution >= 4 is 17.3 Å². The fraction of sp³-hybridized carbons (Fsp3) is 0.316. The minimum Gasteiger partial charge on any atom is -0.367 e. The standard InChI is InChI=1S/C19H19F4N3O/c1-25-7-9-26(10-8-25)17-6-5-14(19(21,22)23)12-16(17)24-18(27)13-3-2-4-15(20)11-13/h2-6,11-12H,7-10H2,1H3,(H,24,27). The summed E-state index contributed by atoms with van der Waals surface area (Å²) in [5.74, 6) is -1.25. The maximum absolute atomic E-state index is 13.4. The van der Waals surface area contributed by atoms with Crippen molar-refractivity contribution in [2.75, 3.05) is 43.4 Å². The number of likely N-dealkylation sites (N-methyl/N-ethyl adjacent to an activating group) is 1. The van der Waals surface area contributed by atoms with Gasteiger partial charge >= 0.3 is 6.18 Å². The second kappa shape index (κ2) is 7.56. The molecule has 0 saturated carbocycles. The van der Waals surface area contributed by atoms with Gasteiger partial charge in [0, 0.05) is 31.7 Å². The molecule has 8 heteroatoms. The highest BCUT2D eigenvalue weighted by atomic mass is 19.4. The van der Waals surface area contributed by atoms with Gasteiger partial charge in [-0.3, -0.25) is 4.79 Å².